The number of nitrogens with zero attached hydrogens (tertiary/aromatic N) is 3. The van der Waals surface area contributed by atoms with Gasteiger partial charge in [-0.25, -0.2) is 9.97 Å². The zero-order valence-electron chi connectivity index (χ0n) is 15.4. The molecule has 0 bridgehead atoms. The van der Waals surface area contributed by atoms with Crippen molar-refractivity contribution in [3.63, 3.8) is 0 Å². The van der Waals surface area contributed by atoms with Crippen LogP contribution in [0.1, 0.15) is 41.0 Å². The van der Waals surface area contributed by atoms with E-state index in [-0.39, 0.29) is 17.3 Å². The molecule has 2 atom stereocenters. The molecule has 3 aromatic rings. The number of aromatic nitrogens is 3. The van der Waals surface area contributed by atoms with Crippen molar-refractivity contribution >= 4 is 22.3 Å². The zero-order chi connectivity index (χ0) is 21.3. The van der Waals surface area contributed by atoms with E-state index in [0.717, 1.165) is 41.1 Å². The Kier molecular flexibility index (Phi) is 5.58. The summed E-state index contributed by atoms with van der Waals surface area (Å²) >= 11 is 1.12. The van der Waals surface area contributed by atoms with Crippen LogP contribution in [0.25, 0.3) is 0 Å². The van der Waals surface area contributed by atoms with Gasteiger partial charge in [0.25, 0.3) is 0 Å². The first-order chi connectivity index (χ1) is 14.3. The van der Waals surface area contributed by atoms with E-state index in [0.29, 0.717) is 11.6 Å². The first-order valence-electron chi connectivity index (χ1n) is 9.03. The summed E-state index contributed by atoms with van der Waals surface area (Å²) in [5.74, 6) is 0.0174. The van der Waals surface area contributed by atoms with Crippen molar-refractivity contribution in [1.82, 2.24) is 15.0 Å². The second-order valence-corrected chi connectivity index (χ2v) is 7.55. The van der Waals surface area contributed by atoms with E-state index >= 15 is 0 Å². The largest absolute Gasteiger partial charge is 0.482 e. The summed E-state index contributed by atoms with van der Waals surface area (Å²) < 4.78 is 45.6. The van der Waals surface area contributed by atoms with Gasteiger partial charge >= 0.3 is 6.18 Å². The molecule has 1 aliphatic carbocycles. The van der Waals surface area contributed by atoms with Crippen LogP contribution < -0.4 is 10.1 Å². The molecule has 30 heavy (non-hydrogen) atoms. The Morgan fingerprint density at radius 3 is 2.93 bits per heavy atom. The summed E-state index contributed by atoms with van der Waals surface area (Å²) in [5, 5.41) is 23.4. The van der Waals surface area contributed by atoms with E-state index in [2.05, 4.69) is 20.3 Å². The van der Waals surface area contributed by atoms with Crippen LogP contribution in [0.2, 0.25) is 0 Å². The number of fused-ring (bicyclic) bond motifs is 1. The number of ether oxygens (including phenoxy) is 1. The molecule has 2 unspecified atom stereocenters. The van der Waals surface area contributed by atoms with Gasteiger partial charge in [-0.05, 0) is 36.1 Å². The lowest BCUT2D eigenvalue weighted by Gasteiger charge is -2.18. The molecule has 0 saturated carbocycles. The third kappa shape index (κ3) is 4.23. The number of halogens is 3. The van der Waals surface area contributed by atoms with Crippen molar-refractivity contribution in [3.05, 3.63) is 58.5 Å². The summed E-state index contributed by atoms with van der Waals surface area (Å²) in [7, 11) is 0. The summed E-state index contributed by atoms with van der Waals surface area (Å²) in [4.78, 5) is 12.1. The Morgan fingerprint density at radius 2 is 2.17 bits per heavy atom. The molecule has 0 fully saturated rings. The maximum absolute atomic E-state index is 13.2. The number of aliphatic hydroxyl groups excluding tert-OH is 2. The molecule has 3 aromatic heterocycles. The molecule has 0 aliphatic heterocycles. The number of rotatable bonds is 6. The molecule has 7 nitrogen and oxygen atoms in total. The van der Waals surface area contributed by atoms with Gasteiger partial charge in [-0.15, -0.1) is 11.3 Å². The Morgan fingerprint density at radius 1 is 1.33 bits per heavy atom. The average molecular weight is 438 g/mol. The predicted octanol–water partition coefficient (Wildman–Crippen LogP) is 3.79. The minimum absolute atomic E-state index is 0.0565. The summed E-state index contributed by atoms with van der Waals surface area (Å²) in [6.45, 7) is -0.494. The second kappa shape index (κ2) is 8.17. The Hall–Kier alpha value is -2.76. The molecule has 0 spiro atoms. The summed E-state index contributed by atoms with van der Waals surface area (Å²) in [6.07, 6.45) is -0.730. The number of aryl methyl sites for hydroxylation is 1. The molecule has 0 amide bonds. The van der Waals surface area contributed by atoms with E-state index in [1.54, 1.807) is 18.5 Å². The third-order valence-corrected chi connectivity index (χ3v) is 5.45. The fraction of sp³-hybridized carbons (Fsp3) is 0.316. The predicted molar refractivity (Wildman–Crippen MR) is 103 cm³/mol. The van der Waals surface area contributed by atoms with E-state index in [9.17, 15) is 18.3 Å². The van der Waals surface area contributed by atoms with Crippen LogP contribution in [0.5, 0.6) is 5.75 Å². The number of aliphatic hydroxyl groups is 2. The lowest BCUT2D eigenvalue weighted by molar-refractivity contribution is -0.138. The van der Waals surface area contributed by atoms with Gasteiger partial charge in [-0.2, -0.15) is 13.2 Å². The number of thiazole rings is 1. The molecule has 4 rings (SSSR count). The molecule has 0 saturated heterocycles. The number of anilines is 2. The molecule has 1 aliphatic rings. The van der Waals surface area contributed by atoms with Gasteiger partial charge in [0, 0.05) is 24.0 Å². The number of hydrogen-bond donors (Lipinski definition) is 3. The van der Waals surface area contributed by atoms with Crippen molar-refractivity contribution in [2.45, 2.75) is 31.2 Å². The van der Waals surface area contributed by atoms with Gasteiger partial charge in [0.1, 0.15) is 12.2 Å². The molecule has 0 aromatic carbocycles. The van der Waals surface area contributed by atoms with Crippen LogP contribution in [-0.4, -0.2) is 31.8 Å². The minimum atomic E-state index is -4.57. The van der Waals surface area contributed by atoms with E-state index in [4.69, 9.17) is 9.84 Å². The molecule has 3 N–H and O–H groups in total. The van der Waals surface area contributed by atoms with Crippen molar-refractivity contribution < 1.29 is 28.1 Å². The van der Waals surface area contributed by atoms with Crippen molar-refractivity contribution in [1.29, 1.82) is 0 Å². The van der Waals surface area contributed by atoms with E-state index in [1.165, 1.54) is 5.38 Å². The standard InChI is InChI=1S/C19H17F3N4O3S/c20-19(21,22)11-5-16(29-15-2-1-10-6-23-4-3-12(10)15)17(24-7-11)26-18-25-13(9-30-18)14(28)8-27/h3-7,9,14-15,27-28H,1-2,8H2,(H,24,25,26). The van der Waals surface area contributed by atoms with Gasteiger partial charge in [-0.1, -0.05) is 0 Å². The highest BCUT2D eigenvalue weighted by atomic mass is 32.1. The molecule has 11 heteroatoms. The van der Waals surface area contributed by atoms with Crippen molar-refractivity contribution in [2.24, 2.45) is 0 Å². The number of pyridine rings is 2. The maximum atomic E-state index is 13.2. The van der Waals surface area contributed by atoms with Gasteiger partial charge in [0.05, 0.1) is 17.9 Å². The van der Waals surface area contributed by atoms with Crippen molar-refractivity contribution in [2.75, 3.05) is 11.9 Å². The van der Waals surface area contributed by atoms with Crippen molar-refractivity contribution in [3.8, 4) is 5.75 Å². The molecular weight excluding hydrogens is 421 g/mol. The summed E-state index contributed by atoms with van der Waals surface area (Å²) in [5.41, 5.74) is 1.21. The quantitative estimate of drug-likeness (QED) is 0.538. The molecule has 158 valence electrons. The maximum Gasteiger partial charge on any atom is 0.418 e. The fourth-order valence-corrected chi connectivity index (χ4v) is 3.91. The van der Waals surface area contributed by atoms with Crippen LogP contribution in [-0.2, 0) is 12.6 Å². The number of hydrogen-bond acceptors (Lipinski definition) is 8. The summed E-state index contributed by atoms with van der Waals surface area (Å²) in [6, 6.07) is 2.70. The van der Waals surface area contributed by atoms with Crippen LogP contribution in [0.3, 0.4) is 0 Å². The highest BCUT2D eigenvalue weighted by Gasteiger charge is 2.33. The molecular formula is C19H17F3N4O3S. The van der Waals surface area contributed by atoms with Gasteiger partial charge in [0.15, 0.2) is 16.7 Å². The highest BCUT2D eigenvalue weighted by molar-refractivity contribution is 7.13. The second-order valence-electron chi connectivity index (χ2n) is 6.69. The smallest absolute Gasteiger partial charge is 0.418 e. The first-order valence-corrected chi connectivity index (χ1v) is 9.91. The minimum Gasteiger partial charge on any atom is -0.482 e. The Labute approximate surface area is 173 Å². The lowest BCUT2D eigenvalue weighted by atomic mass is 10.1. The van der Waals surface area contributed by atoms with Crippen LogP contribution in [0.15, 0.2) is 36.1 Å². The third-order valence-electron chi connectivity index (χ3n) is 4.67. The monoisotopic (exact) mass is 438 g/mol. The SMILES string of the molecule is OCC(O)c1csc(Nc2ncc(C(F)(F)F)cc2OC2CCc3cnccc32)n1. The lowest BCUT2D eigenvalue weighted by Crippen LogP contribution is -2.10. The number of alkyl halides is 3. The van der Waals surface area contributed by atoms with Crippen LogP contribution in [0, 0.1) is 0 Å². The van der Waals surface area contributed by atoms with Crippen LogP contribution in [0.4, 0.5) is 24.1 Å². The molecule has 0 radical (unpaired) electrons. The zero-order valence-corrected chi connectivity index (χ0v) is 16.2. The molecule has 3 heterocycles. The topological polar surface area (TPSA) is 100 Å². The Balaban J connectivity index is 1.64. The van der Waals surface area contributed by atoms with Gasteiger partial charge in [-0.3, -0.25) is 4.98 Å². The Bertz CT molecular complexity index is 1040. The highest BCUT2D eigenvalue weighted by Crippen LogP contribution is 2.40. The van der Waals surface area contributed by atoms with E-state index < -0.39 is 30.6 Å². The van der Waals surface area contributed by atoms with E-state index in [1.807, 2.05) is 0 Å². The van der Waals surface area contributed by atoms with Crippen LogP contribution >= 0.6 is 11.3 Å². The normalized spacial score (nSPS) is 16.9. The van der Waals surface area contributed by atoms with Gasteiger partial charge < -0.3 is 20.3 Å². The van der Waals surface area contributed by atoms with Gasteiger partial charge in [0.2, 0.25) is 0 Å². The first kappa shape index (κ1) is 20.5. The average Bonchev–Trinajstić information content (AvgIpc) is 3.35. The number of nitrogens with one attached hydrogen (secondary N) is 1. The fourth-order valence-electron chi connectivity index (χ4n) is 3.15.